The fourth-order valence-electron chi connectivity index (χ4n) is 2.47. The monoisotopic (exact) mass is 293 g/mol. The number of nitrogen functional groups attached to an aromatic ring is 1. The van der Waals surface area contributed by atoms with E-state index in [1.165, 1.54) is 37.0 Å². The minimum atomic E-state index is 0.0459. The Labute approximate surface area is 124 Å². The van der Waals surface area contributed by atoms with Crippen molar-refractivity contribution in [3.05, 3.63) is 4.88 Å². The number of nitrogens with one attached hydrogen (secondary N) is 1. The summed E-state index contributed by atoms with van der Waals surface area (Å²) in [6, 6.07) is 2.14. The molecule has 5 heteroatoms. The van der Waals surface area contributed by atoms with Gasteiger partial charge in [-0.1, -0.05) is 13.3 Å². The van der Waals surface area contributed by atoms with Gasteiger partial charge < -0.3 is 15.8 Å². The number of nitriles is 1. The quantitative estimate of drug-likeness (QED) is 0.797. The van der Waals surface area contributed by atoms with Gasteiger partial charge in [-0.25, -0.2) is 0 Å². The third-order valence-corrected chi connectivity index (χ3v) is 4.77. The van der Waals surface area contributed by atoms with Crippen LogP contribution >= 0.6 is 11.3 Å². The van der Waals surface area contributed by atoms with Gasteiger partial charge in [-0.05, 0) is 38.5 Å². The van der Waals surface area contributed by atoms with Gasteiger partial charge in [-0.2, -0.15) is 5.26 Å². The van der Waals surface area contributed by atoms with Crippen LogP contribution in [0.3, 0.4) is 0 Å². The summed E-state index contributed by atoms with van der Waals surface area (Å²) < 4.78 is 5.78. The van der Waals surface area contributed by atoms with Crippen molar-refractivity contribution in [2.24, 2.45) is 5.41 Å². The van der Waals surface area contributed by atoms with Crippen LogP contribution in [0.25, 0.3) is 0 Å². The zero-order valence-corrected chi connectivity index (χ0v) is 13.3. The third-order valence-electron chi connectivity index (χ3n) is 3.72. The lowest BCUT2D eigenvalue weighted by Gasteiger charge is -2.17. The maximum atomic E-state index is 9.11. The molecule has 0 radical (unpaired) electrons. The van der Waals surface area contributed by atoms with E-state index in [2.05, 4.69) is 18.3 Å². The van der Waals surface area contributed by atoms with E-state index in [1.807, 2.05) is 13.8 Å². The smallest absolute Gasteiger partial charge is 0.178 e. The molecule has 1 aliphatic carbocycles. The second-order valence-corrected chi connectivity index (χ2v) is 6.91. The topological polar surface area (TPSA) is 71.1 Å². The molecule has 3 N–H and O–H groups in total. The van der Waals surface area contributed by atoms with Crippen LogP contribution in [0.2, 0.25) is 0 Å². The number of thiophene rings is 1. The van der Waals surface area contributed by atoms with Crippen molar-refractivity contribution in [3.8, 4) is 11.8 Å². The van der Waals surface area contributed by atoms with Crippen LogP contribution in [0, 0.1) is 16.7 Å². The molecule has 0 saturated heterocycles. The van der Waals surface area contributed by atoms with Crippen LogP contribution in [0.1, 0.15) is 51.3 Å². The number of rotatable bonds is 7. The number of nitrogens with zero attached hydrogens (tertiary/aromatic N) is 1. The van der Waals surface area contributed by atoms with E-state index in [9.17, 15) is 0 Å². The molecule has 1 fully saturated rings. The third kappa shape index (κ3) is 3.18. The summed E-state index contributed by atoms with van der Waals surface area (Å²) in [6.45, 7) is 7.10. The summed E-state index contributed by atoms with van der Waals surface area (Å²) in [7, 11) is 0. The first kappa shape index (κ1) is 15.0. The zero-order chi connectivity index (χ0) is 14.8. The summed E-state index contributed by atoms with van der Waals surface area (Å²) in [5, 5.41) is 13.5. The van der Waals surface area contributed by atoms with Crippen molar-refractivity contribution < 1.29 is 4.74 Å². The van der Waals surface area contributed by atoms with Gasteiger partial charge in [0.05, 0.1) is 6.10 Å². The van der Waals surface area contributed by atoms with Gasteiger partial charge in [0.25, 0.3) is 0 Å². The fourth-order valence-corrected chi connectivity index (χ4v) is 3.32. The highest BCUT2D eigenvalue weighted by Crippen LogP contribution is 2.51. The molecule has 0 atom stereocenters. The Morgan fingerprint density at radius 1 is 1.50 bits per heavy atom. The summed E-state index contributed by atoms with van der Waals surface area (Å²) in [5.74, 6) is 0.647. The first-order chi connectivity index (χ1) is 9.51. The van der Waals surface area contributed by atoms with Crippen LogP contribution in [0.4, 0.5) is 10.7 Å². The van der Waals surface area contributed by atoms with E-state index in [4.69, 9.17) is 15.7 Å². The van der Waals surface area contributed by atoms with Gasteiger partial charge in [-0.3, -0.25) is 0 Å². The molecule has 0 unspecified atom stereocenters. The zero-order valence-electron chi connectivity index (χ0n) is 12.5. The van der Waals surface area contributed by atoms with E-state index in [0.29, 0.717) is 21.7 Å². The van der Waals surface area contributed by atoms with Crippen LogP contribution in [-0.2, 0) is 0 Å². The average Bonchev–Trinajstić information content (AvgIpc) is 3.10. The number of anilines is 2. The molecule has 20 heavy (non-hydrogen) atoms. The second kappa shape index (κ2) is 5.92. The maximum Gasteiger partial charge on any atom is 0.178 e. The van der Waals surface area contributed by atoms with Crippen molar-refractivity contribution in [2.45, 2.75) is 52.6 Å². The molecule has 1 saturated carbocycles. The molecular weight excluding hydrogens is 270 g/mol. The van der Waals surface area contributed by atoms with E-state index < -0.39 is 0 Å². The van der Waals surface area contributed by atoms with Crippen LogP contribution in [0.15, 0.2) is 0 Å². The lowest BCUT2D eigenvalue weighted by molar-refractivity contribution is 0.246. The highest BCUT2D eigenvalue weighted by atomic mass is 32.1. The molecule has 1 aromatic rings. The minimum Gasteiger partial charge on any atom is -0.486 e. The van der Waals surface area contributed by atoms with Crippen molar-refractivity contribution in [1.29, 1.82) is 5.26 Å². The molecule has 0 bridgehead atoms. The molecular formula is C15H23N3OS. The molecule has 0 amide bonds. The summed E-state index contributed by atoms with van der Waals surface area (Å²) in [6.07, 6.45) is 5.10. The van der Waals surface area contributed by atoms with Gasteiger partial charge >= 0.3 is 0 Å². The maximum absolute atomic E-state index is 9.11. The number of ether oxygens (including phenoxy) is 1. The van der Waals surface area contributed by atoms with Crippen molar-refractivity contribution >= 4 is 22.0 Å². The van der Waals surface area contributed by atoms with Crippen molar-refractivity contribution in [3.63, 3.8) is 0 Å². The van der Waals surface area contributed by atoms with Crippen LogP contribution in [-0.4, -0.2) is 12.6 Å². The van der Waals surface area contributed by atoms with E-state index in [1.54, 1.807) is 0 Å². The molecule has 1 heterocycles. The van der Waals surface area contributed by atoms with Crippen LogP contribution in [0.5, 0.6) is 5.75 Å². The molecule has 0 aromatic carbocycles. The standard InChI is InChI=1S/C15H23N3OS/c1-4-5-15(6-7-15)9-18-14-13(19-10(2)3)12(17)11(8-16)20-14/h10,18H,4-7,9,17H2,1-3H3. The van der Waals surface area contributed by atoms with E-state index >= 15 is 0 Å². The summed E-state index contributed by atoms with van der Waals surface area (Å²) >= 11 is 1.39. The number of hydrogen-bond acceptors (Lipinski definition) is 5. The Morgan fingerprint density at radius 3 is 2.70 bits per heavy atom. The highest BCUT2D eigenvalue weighted by Gasteiger charge is 2.41. The average molecular weight is 293 g/mol. The fraction of sp³-hybridized carbons (Fsp3) is 0.667. The minimum absolute atomic E-state index is 0.0459. The number of nitrogens with two attached hydrogens (primary N) is 1. The Balaban J connectivity index is 2.12. The summed E-state index contributed by atoms with van der Waals surface area (Å²) in [4.78, 5) is 0.531. The normalized spacial score (nSPS) is 15.9. The predicted molar refractivity (Wildman–Crippen MR) is 84.3 cm³/mol. The first-order valence-corrected chi connectivity index (χ1v) is 8.06. The highest BCUT2D eigenvalue weighted by molar-refractivity contribution is 7.17. The lowest BCUT2D eigenvalue weighted by atomic mass is 10.0. The van der Waals surface area contributed by atoms with Gasteiger partial charge in [0.2, 0.25) is 0 Å². The molecule has 2 rings (SSSR count). The Bertz CT molecular complexity index is 512. The van der Waals surface area contributed by atoms with Gasteiger partial charge in [-0.15, -0.1) is 11.3 Å². The largest absolute Gasteiger partial charge is 0.486 e. The second-order valence-electron chi connectivity index (χ2n) is 5.89. The van der Waals surface area contributed by atoms with E-state index in [0.717, 1.165) is 11.5 Å². The molecule has 1 aromatic heterocycles. The van der Waals surface area contributed by atoms with Crippen molar-refractivity contribution in [2.75, 3.05) is 17.6 Å². The molecule has 0 spiro atoms. The molecule has 4 nitrogen and oxygen atoms in total. The first-order valence-electron chi connectivity index (χ1n) is 7.24. The number of hydrogen-bond donors (Lipinski definition) is 2. The summed E-state index contributed by atoms with van der Waals surface area (Å²) in [5.41, 5.74) is 6.92. The Morgan fingerprint density at radius 2 is 2.20 bits per heavy atom. The van der Waals surface area contributed by atoms with Crippen molar-refractivity contribution in [1.82, 2.24) is 0 Å². The van der Waals surface area contributed by atoms with Gasteiger partial charge in [0, 0.05) is 6.54 Å². The SMILES string of the molecule is CCCC1(CNc2sc(C#N)c(N)c2OC(C)C)CC1. The molecule has 1 aliphatic rings. The van der Waals surface area contributed by atoms with Gasteiger partial charge in [0.1, 0.15) is 21.6 Å². The molecule has 110 valence electrons. The molecule has 0 aliphatic heterocycles. The lowest BCUT2D eigenvalue weighted by Crippen LogP contribution is -2.15. The van der Waals surface area contributed by atoms with Gasteiger partial charge in [0.15, 0.2) is 5.75 Å². The predicted octanol–water partition coefficient (Wildman–Crippen LogP) is 3.98. The Kier molecular flexibility index (Phi) is 4.44. The van der Waals surface area contributed by atoms with Crippen LogP contribution < -0.4 is 15.8 Å². The van der Waals surface area contributed by atoms with E-state index in [-0.39, 0.29) is 6.10 Å². The Hall–Kier alpha value is -1.41.